The minimum atomic E-state index is -0.0400. The molecule has 0 radical (unpaired) electrons. The molecule has 2 saturated carbocycles. The average Bonchev–Trinajstić information content (AvgIpc) is 3.29. The molecule has 0 aliphatic heterocycles. The van der Waals surface area contributed by atoms with Crippen LogP contribution in [0.5, 0.6) is 0 Å². The SMILES string of the molecule is CC(C)c1cccc(C(C)C)c1NC(=O)NC1CCC2(CC1)CC2. The van der Waals surface area contributed by atoms with E-state index in [1.54, 1.807) is 0 Å². The fourth-order valence-electron chi connectivity index (χ4n) is 4.08. The van der Waals surface area contributed by atoms with Crippen LogP contribution in [0.2, 0.25) is 0 Å². The fraction of sp³-hybridized carbons (Fsp3) is 0.667. The van der Waals surface area contributed by atoms with Gasteiger partial charge in [0.2, 0.25) is 0 Å². The Morgan fingerprint density at radius 1 is 1.00 bits per heavy atom. The van der Waals surface area contributed by atoms with Gasteiger partial charge in [0.25, 0.3) is 0 Å². The zero-order valence-corrected chi connectivity index (χ0v) is 15.6. The number of hydrogen-bond acceptors (Lipinski definition) is 1. The van der Waals surface area contributed by atoms with Gasteiger partial charge >= 0.3 is 6.03 Å². The standard InChI is InChI=1S/C21H32N2O/c1-14(2)17-6-5-7-18(15(3)4)19(17)23-20(24)22-16-8-10-21(11-9-16)12-13-21/h5-7,14-16H,8-13H2,1-4H3,(H2,22,23,24). The number of hydrogen-bond donors (Lipinski definition) is 2. The second-order valence-electron chi connectivity index (χ2n) is 8.49. The number of anilines is 1. The van der Waals surface area contributed by atoms with Crippen molar-refractivity contribution in [2.24, 2.45) is 5.41 Å². The van der Waals surface area contributed by atoms with E-state index in [2.05, 4.69) is 56.5 Å². The summed E-state index contributed by atoms with van der Waals surface area (Å²) in [6, 6.07) is 6.66. The number of benzene rings is 1. The van der Waals surface area contributed by atoms with Crippen LogP contribution >= 0.6 is 0 Å². The van der Waals surface area contributed by atoms with Gasteiger partial charge < -0.3 is 10.6 Å². The Bertz CT molecular complexity index is 566. The molecule has 1 aromatic carbocycles. The van der Waals surface area contributed by atoms with Crippen LogP contribution < -0.4 is 10.6 Å². The van der Waals surface area contributed by atoms with Crippen molar-refractivity contribution >= 4 is 11.7 Å². The third kappa shape index (κ3) is 3.76. The van der Waals surface area contributed by atoms with Gasteiger partial charge in [0.1, 0.15) is 0 Å². The first-order valence-corrected chi connectivity index (χ1v) is 9.60. The lowest BCUT2D eigenvalue weighted by Gasteiger charge is -2.29. The zero-order valence-electron chi connectivity index (χ0n) is 15.6. The van der Waals surface area contributed by atoms with Crippen molar-refractivity contribution in [1.29, 1.82) is 0 Å². The number of nitrogens with one attached hydrogen (secondary N) is 2. The third-order valence-electron chi connectivity index (χ3n) is 5.95. The monoisotopic (exact) mass is 328 g/mol. The van der Waals surface area contributed by atoms with Crippen molar-refractivity contribution in [2.75, 3.05) is 5.32 Å². The molecule has 2 aliphatic carbocycles. The van der Waals surface area contributed by atoms with E-state index in [4.69, 9.17) is 0 Å². The lowest BCUT2D eigenvalue weighted by Crippen LogP contribution is -2.40. The highest BCUT2D eigenvalue weighted by atomic mass is 16.2. The van der Waals surface area contributed by atoms with Crippen LogP contribution in [0.4, 0.5) is 10.5 Å². The van der Waals surface area contributed by atoms with E-state index in [1.165, 1.54) is 36.8 Å². The molecule has 2 N–H and O–H groups in total. The molecule has 0 aromatic heterocycles. The summed E-state index contributed by atoms with van der Waals surface area (Å²) in [4.78, 5) is 12.6. The smallest absolute Gasteiger partial charge is 0.319 e. The quantitative estimate of drug-likeness (QED) is 0.723. The molecule has 3 nitrogen and oxygen atoms in total. The van der Waals surface area contributed by atoms with E-state index in [-0.39, 0.29) is 6.03 Å². The number of carbonyl (C=O) groups is 1. The highest BCUT2D eigenvalue weighted by Crippen LogP contribution is 2.56. The van der Waals surface area contributed by atoms with Gasteiger partial charge in [-0.1, -0.05) is 45.9 Å². The summed E-state index contributed by atoms with van der Waals surface area (Å²) in [5.41, 5.74) is 4.12. The predicted octanol–water partition coefficient (Wildman–Crippen LogP) is 5.78. The number of para-hydroxylation sites is 1. The molecule has 0 unspecified atom stereocenters. The van der Waals surface area contributed by atoms with Crippen LogP contribution in [0, 0.1) is 5.41 Å². The molecule has 24 heavy (non-hydrogen) atoms. The molecular formula is C21H32N2O. The van der Waals surface area contributed by atoms with Crippen LogP contribution in [0.15, 0.2) is 18.2 Å². The largest absolute Gasteiger partial charge is 0.335 e. The molecule has 132 valence electrons. The van der Waals surface area contributed by atoms with Crippen molar-refractivity contribution in [3.05, 3.63) is 29.3 Å². The second-order valence-corrected chi connectivity index (χ2v) is 8.49. The van der Waals surface area contributed by atoms with Gasteiger partial charge in [-0.05, 0) is 66.9 Å². The fourth-order valence-corrected chi connectivity index (χ4v) is 4.08. The summed E-state index contributed by atoms with van der Waals surface area (Å²) in [7, 11) is 0. The average molecular weight is 329 g/mol. The summed E-state index contributed by atoms with van der Waals surface area (Å²) in [6.07, 6.45) is 7.67. The molecule has 2 aliphatic rings. The molecule has 0 saturated heterocycles. The van der Waals surface area contributed by atoms with Crippen LogP contribution in [0.25, 0.3) is 0 Å². The Morgan fingerprint density at radius 3 is 2.00 bits per heavy atom. The molecule has 3 rings (SSSR count). The van der Waals surface area contributed by atoms with Crippen LogP contribution in [0.3, 0.4) is 0 Å². The number of rotatable bonds is 4. The highest BCUT2D eigenvalue weighted by Gasteiger charge is 2.44. The van der Waals surface area contributed by atoms with Gasteiger partial charge in [0.15, 0.2) is 0 Å². The van der Waals surface area contributed by atoms with Crippen LogP contribution in [0.1, 0.15) is 89.2 Å². The highest BCUT2D eigenvalue weighted by molar-refractivity contribution is 5.91. The van der Waals surface area contributed by atoms with Crippen molar-refractivity contribution in [2.45, 2.75) is 84.1 Å². The van der Waals surface area contributed by atoms with Gasteiger partial charge in [-0.3, -0.25) is 0 Å². The van der Waals surface area contributed by atoms with Gasteiger partial charge in [-0.25, -0.2) is 4.79 Å². The molecule has 2 fully saturated rings. The third-order valence-corrected chi connectivity index (χ3v) is 5.95. The van der Waals surface area contributed by atoms with E-state index in [9.17, 15) is 4.79 Å². The van der Waals surface area contributed by atoms with E-state index in [0.717, 1.165) is 18.5 Å². The molecule has 0 atom stereocenters. The van der Waals surface area contributed by atoms with E-state index < -0.39 is 0 Å². The minimum absolute atomic E-state index is 0.0400. The van der Waals surface area contributed by atoms with Gasteiger partial charge in [0.05, 0.1) is 0 Å². The van der Waals surface area contributed by atoms with E-state index >= 15 is 0 Å². The van der Waals surface area contributed by atoms with E-state index in [1.807, 2.05) is 0 Å². The van der Waals surface area contributed by atoms with Gasteiger partial charge in [-0.2, -0.15) is 0 Å². The normalized spacial score (nSPS) is 19.8. The summed E-state index contributed by atoms with van der Waals surface area (Å²) in [6.45, 7) is 8.72. The summed E-state index contributed by atoms with van der Waals surface area (Å²) in [5, 5.41) is 6.39. The Balaban J connectivity index is 1.67. The first-order valence-electron chi connectivity index (χ1n) is 9.60. The minimum Gasteiger partial charge on any atom is -0.335 e. The van der Waals surface area contributed by atoms with Crippen molar-refractivity contribution in [3.63, 3.8) is 0 Å². The van der Waals surface area contributed by atoms with Crippen molar-refractivity contribution in [3.8, 4) is 0 Å². The van der Waals surface area contributed by atoms with Crippen LogP contribution in [-0.2, 0) is 0 Å². The maximum atomic E-state index is 12.6. The Kier molecular flexibility index (Phi) is 4.89. The van der Waals surface area contributed by atoms with E-state index in [0.29, 0.717) is 23.3 Å². The molecule has 0 bridgehead atoms. The molecule has 3 heteroatoms. The summed E-state index contributed by atoms with van der Waals surface area (Å²) < 4.78 is 0. The summed E-state index contributed by atoms with van der Waals surface area (Å²) in [5.74, 6) is 0.784. The number of urea groups is 1. The Morgan fingerprint density at radius 2 is 1.54 bits per heavy atom. The number of amides is 2. The topological polar surface area (TPSA) is 41.1 Å². The lowest BCUT2D eigenvalue weighted by atomic mass is 9.83. The summed E-state index contributed by atoms with van der Waals surface area (Å²) >= 11 is 0. The maximum absolute atomic E-state index is 12.6. The van der Waals surface area contributed by atoms with Gasteiger partial charge in [0, 0.05) is 11.7 Å². The van der Waals surface area contributed by atoms with Crippen LogP contribution in [-0.4, -0.2) is 12.1 Å². The first-order chi connectivity index (χ1) is 11.4. The van der Waals surface area contributed by atoms with Crippen molar-refractivity contribution in [1.82, 2.24) is 5.32 Å². The molecular weight excluding hydrogens is 296 g/mol. The lowest BCUT2D eigenvalue weighted by molar-refractivity contribution is 0.234. The molecule has 2 amide bonds. The molecule has 1 spiro atoms. The second kappa shape index (κ2) is 6.78. The Labute approximate surface area is 146 Å². The maximum Gasteiger partial charge on any atom is 0.319 e. The van der Waals surface area contributed by atoms with Crippen molar-refractivity contribution < 1.29 is 4.79 Å². The number of carbonyl (C=O) groups excluding carboxylic acids is 1. The molecule has 0 heterocycles. The Hall–Kier alpha value is -1.51. The van der Waals surface area contributed by atoms with Gasteiger partial charge in [-0.15, -0.1) is 0 Å². The first kappa shape index (κ1) is 17.3. The molecule has 1 aromatic rings. The zero-order chi connectivity index (χ0) is 17.3. The predicted molar refractivity (Wildman–Crippen MR) is 101 cm³/mol.